The Labute approximate surface area is 135 Å². The van der Waals surface area contributed by atoms with E-state index in [1.807, 2.05) is 0 Å². The lowest BCUT2D eigenvalue weighted by Gasteiger charge is -2.59. The number of fused-ring (bicyclic) bond motifs is 1. The highest BCUT2D eigenvalue weighted by atomic mass is 16.3. The van der Waals surface area contributed by atoms with Crippen LogP contribution in [0.4, 0.5) is 0 Å². The molecule has 6 rings (SSSR count). The minimum absolute atomic E-state index is 0.119. The van der Waals surface area contributed by atoms with E-state index in [0.717, 1.165) is 44.9 Å². The Bertz CT molecular complexity index is 637. The van der Waals surface area contributed by atoms with Crippen LogP contribution in [0.3, 0.4) is 0 Å². The molecule has 5 nitrogen and oxygen atoms in total. The van der Waals surface area contributed by atoms with E-state index in [9.17, 15) is 20.0 Å². The van der Waals surface area contributed by atoms with Crippen LogP contribution in [0, 0.1) is 34.5 Å². The number of nitrogens with zero attached hydrogens (tertiary/aromatic N) is 2. The van der Waals surface area contributed by atoms with E-state index in [2.05, 4.69) is 6.07 Å². The minimum atomic E-state index is -0.734. The van der Waals surface area contributed by atoms with Gasteiger partial charge in [-0.1, -0.05) is 0 Å². The van der Waals surface area contributed by atoms with Gasteiger partial charge in [0.2, 0.25) is 5.78 Å². The third-order valence-corrected chi connectivity index (χ3v) is 7.19. The normalized spacial score (nSPS) is 52.2. The maximum Gasteiger partial charge on any atom is 0.291 e. The molecule has 1 saturated heterocycles. The average Bonchev–Trinajstić information content (AvgIpc) is 3.14. The van der Waals surface area contributed by atoms with Crippen LogP contribution < -0.4 is 0 Å². The van der Waals surface area contributed by atoms with Gasteiger partial charge in [-0.15, -0.1) is 0 Å². The summed E-state index contributed by atoms with van der Waals surface area (Å²) in [6.45, 7) is 0. The van der Waals surface area contributed by atoms with Crippen LogP contribution in [-0.2, 0) is 9.59 Å². The van der Waals surface area contributed by atoms with Gasteiger partial charge in [0.1, 0.15) is 6.04 Å². The van der Waals surface area contributed by atoms with Gasteiger partial charge in [-0.25, -0.2) is 0 Å². The number of likely N-dealkylation sites (tertiary alicyclic amines) is 1. The zero-order chi connectivity index (χ0) is 16.0. The molecule has 122 valence electrons. The van der Waals surface area contributed by atoms with Crippen LogP contribution >= 0.6 is 0 Å². The lowest BCUT2D eigenvalue weighted by molar-refractivity contribution is -0.181. The number of nitriles is 1. The molecular weight excluding hydrogens is 292 g/mol. The number of hydrogen-bond donors (Lipinski definition) is 1. The summed E-state index contributed by atoms with van der Waals surface area (Å²) in [6.07, 6.45) is 6.33. The van der Waals surface area contributed by atoms with Gasteiger partial charge >= 0.3 is 0 Å². The molecule has 0 spiro atoms. The van der Waals surface area contributed by atoms with Gasteiger partial charge in [-0.2, -0.15) is 5.26 Å². The number of hydrogen-bond acceptors (Lipinski definition) is 4. The quantitative estimate of drug-likeness (QED) is 0.781. The highest BCUT2D eigenvalue weighted by Gasteiger charge is 2.63. The monoisotopic (exact) mass is 314 g/mol. The molecule has 1 aliphatic heterocycles. The van der Waals surface area contributed by atoms with Gasteiger partial charge in [0.05, 0.1) is 11.7 Å². The summed E-state index contributed by atoms with van der Waals surface area (Å²) in [6, 6.07) is 1.89. The number of Topliss-reactive ketones (excluding diaryl/α,β-unsaturated/α-hetero) is 1. The molecular formula is C18H22N2O3. The Morgan fingerprint density at radius 3 is 2.39 bits per heavy atom. The van der Waals surface area contributed by atoms with Crippen molar-refractivity contribution >= 4 is 11.7 Å². The first kappa shape index (κ1) is 14.0. The summed E-state index contributed by atoms with van der Waals surface area (Å²) in [5.41, 5.74) is -1.38. The number of rotatable bonds is 2. The lowest BCUT2D eigenvalue weighted by atomic mass is 9.47. The number of ketones is 1. The van der Waals surface area contributed by atoms with Crippen LogP contribution in [-0.4, -0.2) is 39.4 Å². The Morgan fingerprint density at radius 2 is 1.78 bits per heavy atom. The van der Waals surface area contributed by atoms with Crippen molar-refractivity contribution in [1.29, 1.82) is 5.26 Å². The first-order valence-electron chi connectivity index (χ1n) is 8.92. The maximum absolute atomic E-state index is 13.1. The second-order valence-electron chi connectivity index (χ2n) is 8.95. The van der Waals surface area contributed by atoms with E-state index in [4.69, 9.17) is 0 Å². The smallest absolute Gasteiger partial charge is 0.291 e. The Balaban J connectivity index is 1.44. The number of carbonyl (C=O) groups is 2. The Hall–Kier alpha value is -1.41. The van der Waals surface area contributed by atoms with Gasteiger partial charge in [-0.05, 0) is 69.1 Å². The predicted octanol–water partition coefficient (Wildman–Crippen LogP) is 1.40. The van der Waals surface area contributed by atoms with Gasteiger partial charge in [0.25, 0.3) is 5.91 Å². The van der Waals surface area contributed by atoms with Gasteiger partial charge in [0.15, 0.2) is 0 Å². The molecule has 1 N–H and O–H groups in total. The largest absolute Gasteiger partial charge is 0.390 e. The van der Waals surface area contributed by atoms with Crippen LogP contribution in [0.25, 0.3) is 0 Å². The molecule has 0 aromatic rings. The van der Waals surface area contributed by atoms with Crippen LogP contribution in [0.2, 0.25) is 0 Å². The maximum atomic E-state index is 13.1. The standard InChI is InChI=1S/C18H22N2O3/c19-8-13-2-12-3-14(12)20(13)16(22)15(21)17-4-10-1-11(5-17)7-18(23,6-10)9-17/h10-14,23H,1-7,9H2/t10-,11?,12?,13?,14?,17?,18?/m1/s1. The van der Waals surface area contributed by atoms with Crippen LogP contribution in [0.5, 0.6) is 0 Å². The second-order valence-corrected chi connectivity index (χ2v) is 8.95. The summed E-state index contributed by atoms with van der Waals surface area (Å²) in [4.78, 5) is 27.6. The molecule has 5 saturated carbocycles. The first-order valence-corrected chi connectivity index (χ1v) is 8.92. The first-order chi connectivity index (χ1) is 10.9. The molecule has 0 radical (unpaired) electrons. The van der Waals surface area contributed by atoms with Crippen molar-refractivity contribution in [3.63, 3.8) is 0 Å². The predicted molar refractivity (Wildman–Crippen MR) is 79.8 cm³/mol. The van der Waals surface area contributed by atoms with Crippen molar-refractivity contribution in [2.45, 2.75) is 69.1 Å². The number of aliphatic hydroxyl groups is 1. The van der Waals surface area contributed by atoms with Crippen molar-refractivity contribution < 1.29 is 14.7 Å². The van der Waals surface area contributed by atoms with Crippen molar-refractivity contribution in [3.05, 3.63) is 0 Å². The summed E-state index contributed by atoms with van der Waals surface area (Å²) < 4.78 is 0. The molecule has 7 atom stereocenters. The van der Waals surface area contributed by atoms with Crippen molar-refractivity contribution in [3.8, 4) is 6.07 Å². The summed E-state index contributed by atoms with van der Waals surface area (Å²) >= 11 is 0. The Kier molecular flexibility index (Phi) is 2.53. The van der Waals surface area contributed by atoms with E-state index >= 15 is 0 Å². The number of piperidine rings is 1. The van der Waals surface area contributed by atoms with E-state index < -0.39 is 23.0 Å². The molecule has 6 aliphatic rings. The summed E-state index contributed by atoms with van der Waals surface area (Å²) in [5, 5.41) is 20.1. The Morgan fingerprint density at radius 1 is 1.09 bits per heavy atom. The second kappa shape index (κ2) is 4.16. The number of carbonyl (C=O) groups excluding carboxylic acids is 2. The molecule has 1 heterocycles. The zero-order valence-electron chi connectivity index (χ0n) is 13.2. The zero-order valence-corrected chi connectivity index (χ0v) is 13.2. The van der Waals surface area contributed by atoms with Gasteiger partial charge < -0.3 is 10.0 Å². The molecule has 0 aromatic heterocycles. The molecule has 5 heteroatoms. The molecule has 5 aliphatic carbocycles. The van der Waals surface area contributed by atoms with Gasteiger partial charge in [-0.3, -0.25) is 9.59 Å². The fourth-order valence-corrected chi connectivity index (χ4v) is 6.69. The van der Waals surface area contributed by atoms with E-state index in [1.54, 1.807) is 4.90 Å². The molecule has 6 unspecified atom stereocenters. The van der Waals surface area contributed by atoms with Crippen molar-refractivity contribution in [1.82, 2.24) is 4.90 Å². The topological polar surface area (TPSA) is 81.4 Å². The molecule has 4 bridgehead atoms. The highest BCUT2D eigenvalue weighted by Crippen LogP contribution is 2.62. The fourth-order valence-electron chi connectivity index (χ4n) is 6.69. The van der Waals surface area contributed by atoms with E-state index in [-0.39, 0.29) is 11.8 Å². The van der Waals surface area contributed by atoms with E-state index in [1.165, 1.54) is 0 Å². The SMILES string of the molecule is N#CC1CC2CC2N1C(=O)C(=O)C12CC3C[C@@H](CC(O)(C3)C1)C2. The summed E-state index contributed by atoms with van der Waals surface area (Å²) in [7, 11) is 0. The summed E-state index contributed by atoms with van der Waals surface area (Å²) in [5.74, 6) is 0.455. The molecule has 23 heavy (non-hydrogen) atoms. The minimum Gasteiger partial charge on any atom is -0.390 e. The lowest BCUT2D eigenvalue weighted by Crippen LogP contribution is -2.60. The average molecular weight is 314 g/mol. The number of amides is 1. The molecule has 0 aromatic carbocycles. The highest BCUT2D eigenvalue weighted by molar-refractivity contribution is 6.38. The van der Waals surface area contributed by atoms with E-state index in [0.29, 0.717) is 24.2 Å². The molecule has 1 amide bonds. The van der Waals surface area contributed by atoms with Crippen molar-refractivity contribution in [2.75, 3.05) is 0 Å². The van der Waals surface area contributed by atoms with Crippen LogP contribution in [0.15, 0.2) is 0 Å². The van der Waals surface area contributed by atoms with Gasteiger partial charge in [0, 0.05) is 11.5 Å². The third-order valence-electron chi connectivity index (χ3n) is 7.19. The third kappa shape index (κ3) is 1.82. The van der Waals surface area contributed by atoms with Crippen molar-refractivity contribution in [2.24, 2.45) is 23.2 Å². The van der Waals surface area contributed by atoms with Crippen LogP contribution in [0.1, 0.15) is 51.4 Å². The molecule has 6 fully saturated rings. The fraction of sp³-hybridized carbons (Fsp3) is 0.833.